The van der Waals surface area contributed by atoms with Crippen LogP contribution in [0, 0.1) is 10.2 Å². The fourth-order valence-electron chi connectivity index (χ4n) is 1.19. The standard InChI is InChI=1S/C9H17ClO5/c1-2-3-4-5-6-7-8-9(11)15-10(12,13)14/h2-8H2,1H3. The molecule has 0 N–H and O–H groups in total. The molecule has 0 atom stereocenters. The molecule has 0 aliphatic heterocycles. The van der Waals surface area contributed by atoms with Gasteiger partial charge in [-0.3, -0.25) is 0 Å². The van der Waals surface area contributed by atoms with Gasteiger partial charge in [-0.2, -0.15) is 14.0 Å². The van der Waals surface area contributed by atoms with E-state index >= 15 is 0 Å². The number of hydrogen-bond donors (Lipinski definition) is 0. The van der Waals surface area contributed by atoms with E-state index < -0.39 is 16.2 Å². The predicted molar refractivity (Wildman–Crippen MR) is 44.1 cm³/mol. The van der Waals surface area contributed by atoms with Crippen molar-refractivity contribution in [2.24, 2.45) is 0 Å². The van der Waals surface area contributed by atoms with E-state index in [0.29, 0.717) is 6.42 Å². The Bertz CT molecular complexity index is 178. The minimum absolute atomic E-state index is 0.0133. The highest BCUT2D eigenvalue weighted by atomic mass is 35.7. The van der Waals surface area contributed by atoms with E-state index in [1.807, 2.05) is 0 Å². The summed E-state index contributed by atoms with van der Waals surface area (Å²) in [7, 11) is -4.61. The second-order valence-electron chi connectivity index (χ2n) is 3.34. The number of carbonyl (C=O) groups is 1. The molecule has 0 bridgehead atoms. The number of unbranched alkanes of at least 4 members (excludes halogenated alkanes) is 5. The molecule has 0 aromatic carbocycles. The van der Waals surface area contributed by atoms with Crippen LogP contribution in [-0.2, 0) is 9.08 Å². The van der Waals surface area contributed by atoms with Crippen molar-refractivity contribution in [1.29, 1.82) is 0 Å². The van der Waals surface area contributed by atoms with Crippen molar-refractivity contribution >= 4 is 5.97 Å². The smallest absolute Gasteiger partial charge is 0.234 e. The third kappa shape index (κ3) is 11.6. The second kappa shape index (κ2) is 7.87. The zero-order valence-corrected chi connectivity index (χ0v) is 9.62. The first-order valence-electron chi connectivity index (χ1n) is 5.09. The Kier molecular flexibility index (Phi) is 7.68. The van der Waals surface area contributed by atoms with Crippen LogP contribution < -0.4 is 14.0 Å². The molecule has 0 amide bonds. The van der Waals surface area contributed by atoms with Crippen LogP contribution in [0.4, 0.5) is 0 Å². The first kappa shape index (κ1) is 14.6. The van der Waals surface area contributed by atoms with Crippen molar-refractivity contribution in [3.63, 3.8) is 0 Å². The molecule has 0 fully saturated rings. The molecule has 0 aromatic heterocycles. The fraction of sp³-hybridized carbons (Fsp3) is 0.889. The van der Waals surface area contributed by atoms with Gasteiger partial charge in [0.15, 0.2) is 0 Å². The van der Waals surface area contributed by atoms with Crippen LogP contribution >= 0.6 is 0 Å². The van der Waals surface area contributed by atoms with Gasteiger partial charge in [0.1, 0.15) is 10.2 Å². The minimum atomic E-state index is -4.61. The first-order valence-corrected chi connectivity index (χ1v) is 6.32. The van der Waals surface area contributed by atoms with Gasteiger partial charge in [0.05, 0.1) is 6.42 Å². The van der Waals surface area contributed by atoms with Crippen LogP contribution in [0.15, 0.2) is 0 Å². The number of halogens is 1. The third-order valence-corrected chi connectivity index (χ3v) is 2.28. The van der Waals surface area contributed by atoms with Crippen LogP contribution in [0.3, 0.4) is 0 Å². The number of carbonyl (C=O) groups excluding carboxylic acids is 1. The largest absolute Gasteiger partial charge is 0.463 e. The van der Waals surface area contributed by atoms with Gasteiger partial charge in [-0.05, 0) is 10.7 Å². The second-order valence-corrected chi connectivity index (χ2v) is 4.26. The van der Waals surface area contributed by atoms with Crippen molar-refractivity contribution in [1.82, 2.24) is 0 Å². The molecular weight excluding hydrogens is 224 g/mol. The molecule has 0 radical (unpaired) electrons. The van der Waals surface area contributed by atoms with E-state index in [4.69, 9.17) is 0 Å². The topological polar surface area (TPSA) is 95.5 Å². The highest BCUT2D eigenvalue weighted by molar-refractivity contribution is 5.68. The Morgan fingerprint density at radius 2 is 1.60 bits per heavy atom. The summed E-state index contributed by atoms with van der Waals surface area (Å²) >= 11 is 0. The van der Waals surface area contributed by atoms with Gasteiger partial charge in [-0.15, -0.1) is 0 Å². The lowest BCUT2D eigenvalue weighted by Gasteiger charge is -2.10. The van der Waals surface area contributed by atoms with Gasteiger partial charge in [0.25, 0.3) is 0 Å². The maximum absolute atomic E-state index is 10.7. The lowest BCUT2D eigenvalue weighted by Crippen LogP contribution is -2.61. The van der Waals surface area contributed by atoms with Crippen LogP contribution in [0.5, 0.6) is 0 Å². The Labute approximate surface area is 91.8 Å². The zero-order valence-electron chi connectivity index (χ0n) is 8.87. The van der Waals surface area contributed by atoms with Gasteiger partial charge in [0, 0.05) is 0 Å². The normalized spacial score (nSPS) is 11.5. The highest BCUT2D eigenvalue weighted by Crippen LogP contribution is 2.08. The first-order chi connectivity index (χ1) is 6.95. The lowest BCUT2D eigenvalue weighted by atomic mass is 10.1. The van der Waals surface area contributed by atoms with Crippen molar-refractivity contribution in [3.05, 3.63) is 0 Å². The molecule has 5 nitrogen and oxygen atoms in total. The van der Waals surface area contributed by atoms with E-state index in [1.165, 1.54) is 0 Å². The summed E-state index contributed by atoms with van der Waals surface area (Å²) in [6, 6.07) is 0. The molecule has 0 unspecified atom stereocenters. The minimum Gasteiger partial charge on any atom is -0.234 e. The average Bonchev–Trinajstić information content (AvgIpc) is 2.08. The van der Waals surface area contributed by atoms with Crippen molar-refractivity contribution in [2.45, 2.75) is 51.9 Å². The Balaban J connectivity index is 3.32. The highest BCUT2D eigenvalue weighted by Gasteiger charge is 2.24. The molecule has 15 heavy (non-hydrogen) atoms. The summed E-state index contributed by atoms with van der Waals surface area (Å²) in [5.74, 6) is -0.970. The predicted octanol–water partition coefficient (Wildman–Crippen LogP) is -0.822. The van der Waals surface area contributed by atoms with E-state index in [2.05, 4.69) is 11.2 Å². The van der Waals surface area contributed by atoms with Crippen LogP contribution in [0.2, 0.25) is 0 Å². The van der Waals surface area contributed by atoms with Gasteiger partial charge < -0.3 is 0 Å². The fourth-order valence-corrected chi connectivity index (χ4v) is 1.48. The Morgan fingerprint density at radius 1 is 1.07 bits per heavy atom. The van der Waals surface area contributed by atoms with Crippen molar-refractivity contribution in [3.8, 4) is 0 Å². The van der Waals surface area contributed by atoms with E-state index in [0.717, 1.165) is 32.1 Å². The van der Waals surface area contributed by atoms with Crippen LogP contribution in [-0.4, -0.2) is 5.97 Å². The molecule has 6 heteroatoms. The van der Waals surface area contributed by atoms with Gasteiger partial charge in [-0.25, -0.2) is 4.79 Å². The maximum Gasteiger partial charge on any atom is 0.463 e. The summed E-state index contributed by atoms with van der Waals surface area (Å²) in [6.45, 7) is 2.11. The van der Waals surface area contributed by atoms with Crippen molar-refractivity contribution < 1.29 is 33.3 Å². The quantitative estimate of drug-likeness (QED) is 0.517. The molecule has 0 aliphatic rings. The van der Waals surface area contributed by atoms with Crippen LogP contribution in [0.1, 0.15) is 51.9 Å². The number of rotatable bonds is 8. The monoisotopic (exact) mass is 240 g/mol. The molecule has 0 saturated heterocycles. The summed E-state index contributed by atoms with van der Waals surface area (Å²) in [4.78, 5) is 10.7. The Morgan fingerprint density at radius 3 is 2.13 bits per heavy atom. The van der Waals surface area contributed by atoms with E-state index in [1.54, 1.807) is 0 Å². The summed E-state index contributed by atoms with van der Waals surface area (Å²) in [6.07, 6.45) is 5.85. The van der Waals surface area contributed by atoms with Crippen LogP contribution in [0.25, 0.3) is 0 Å². The SMILES string of the molecule is CCCCCCCCC(=O)O[Cl+3]([O-])([O-])[O-]. The Hall–Kier alpha value is -0.360. The molecule has 0 spiro atoms. The molecule has 0 rings (SSSR count). The molecule has 0 aromatic rings. The van der Waals surface area contributed by atoms with Gasteiger partial charge in [-0.1, -0.05) is 39.0 Å². The van der Waals surface area contributed by atoms with E-state index in [9.17, 15) is 18.8 Å². The van der Waals surface area contributed by atoms with Crippen molar-refractivity contribution in [2.75, 3.05) is 0 Å². The molecule has 0 heterocycles. The molecular formula is C9H17ClO5. The van der Waals surface area contributed by atoms with E-state index in [-0.39, 0.29) is 6.42 Å². The molecule has 0 aliphatic carbocycles. The maximum atomic E-state index is 10.7. The zero-order chi connectivity index (χ0) is 11.7. The van der Waals surface area contributed by atoms with Gasteiger partial charge in [0.2, 0.25) is 0 Å². The molecule has 0 saturated carbocycles. The average molecular weight is 241 g/mol. The third-order valence-electron chi connectivity index (χ3n) is 1.91. The number of hydrogen-bond acceptors (Lipinski definition) is 5. The summed E-state index contributed by atoms with van der Waals surface area (Å²) < 4.78 is 33.6. The lowest BCUT2D eigenvalue weighted by molar-refractivity contribution is -1.92. The molecule has 90 valence electrons. The van der Waals surface area contributed by atoms with Gasteiger partial charge >= 0.3 is 5.97 Å². The summed E-state index contributed by atoms with van der Waals surface area (Å²) in [5.41, 5.74) is 0. The summed E-state index contributed by atoms with van der Waals surface area (Å²) in [5, 5.41) is 0.